The Bertz CT molecular complexity index is 806. The minimum atomic E-state index is -3.38. The number of sulfonamides is 1. The average molecular weight is 335 g/mol. The van der Waals surface area contributed by atoms with Gasteiger partial charge in [-0.05, 0) is 31.2 Å². The molecule has 0 radical (unpaired) electrons. The summed E-state index contributed by atoms with van der Waals surface area (Å²) in [4.78, 5) is 16.0. The number of ether oxygens (including phenoxy) is 1. The molecule has 0 spiro atoms. The number of rotatable bonds is 6. The van der Waals surface area contributed by atoms with Gasteiger partial charge in [-0.3, -0.25) is 9.52 Å². The molecule has 2 aromatic rings. The van der Waals surface area contributed by atoms with Gasteiger partial charge in [0, 0.05) is 18.8 Å². The summed E-state index contributed by atoms with van der Waals surface area (Å²) in [5, 5.41) is 2.68. The minimum absolute atomic E-state index is 0.148. The highest BCUT2D eigenvalue weighted by Gasteiger charge is 2.13. The van der Waals surface area contributed by atoms with Gasteiger partial charge in [-0.2, -0.15) is 0 Å². The number of aromatic nitrogens is 1. The lowest BCUT2D eigenvalue weighted by Crippen LogP contribution is -2.23. The van der Waals surface area contributed by atoms with Crippen molar-refractivity contribution in [2.24, 2.45) is 0 Å². The van der Waals surface area contributed by atoms with Crippen LogP contribution in [0.15, 0.2) is 42.6 Å². The zero-order valence-electron chi connectivity index (χ0n) is 12.7. The van der Waals surface area contributed by atoms with E-state index in [9.17, 15) is 13.2 Å². The second kappa shape index (κ2) is 7.10. The average Bonchev–Trinajstić information content (AvgIpc) is 2.46. The fourth-order valence-electron chi connectivity index (χ4n) is 1.85. The summed E-state index contributed by atoms with van der Waals surface area (Å²) < 4.78 is 30.5. The molecule has 23 heavy (non-hydrogen) atoms. The minimum Gasteiger partial charge on any atom is -0.438 e. The first-order valence-corrected chi connectivity index (χ1v) is 8.77. The van der Waals surface area contributed by atoms with Gasteiger partial charge < -0.3 is 10.1 Å². The van der Waals surface area contributed by atoms with Crippen LogP contribution in [0.1, 0.15) is 17.3 Å². The van der Waals surface area contributed by atoms with Crippen molar-refractivity contribution >= 4 is 21.6 Å². The Hall–Kier alpha value is -2.61. The first-order chi connectivity index (χ1) is 10.9. The number of nitrogens with one attached hydrogen (secondary N) is 2. The van der Waals surface area contributed by atoms with Crippen molar-refractivity contribution in [2.45, 2.75) is 6.92 Å². The molecule has 8 heteroatoms. The van der Waals surface area contributed by atoms with Gasteiger partial charge in [0.05, 0.1) is 11.9 Å². The standard InChI is InChI=1S/C15H17N3O4S/c1-3-16-14(19)13-8-5-9-17-15(13)22-12-7-4-6-11(10-12)18-23(2,20)21/h4-10,18H,3H2,1-2H3,(H,16,19). The predicted molar refractivity (Wildman–Crippen MR) is 87.2 cm³/mol. The molecule has 0 fully saturated rings. The Balaban J connectivity index is 2.26. The third-order valence-electron chi connectivity index (χ3n) is 2.70. The monoisotopic (exact) mass is 335 g/mol. The molecular weight excluding hydrogens is 318 g/mol. The predicted octanol–water partition coefficient (Wildman–Crippen LogP) is 2.00. The number of carbonyl (C=O) groups excluding carboxylic acids is 1. The van der Waals surface area contributed by atoms with E-state index in [0.29, 0.717) is 23.5 Å². The van der Waals surface area contributed by atoms with Crippen molar-refractivity contribution in [3.8, 4) is 11.6 Å². The van der Waals surface area contributed by atoms with E-state index >= 15 is 0 Å². The number of carbonyl (C=O) groups is 1. The lowest BCUT2D eigenvalue weighted by molar-refractivity contribution is 0.0953. The van der Waals surface area contributed by atoms with Crippen molar-refractivity contribution < 1.29 is 17.9 Å². The Labute approximate surface area is 134 Å². The molecule has 0 saturated carbocycles. The van der Waals surface area contributed by atoms with Gasteiger partial charge in [-0.1, -0.05) is 6.07 Å². The third-order valence-corrected chi connectivity index (χ3v) is 3.31. The number of hydrogen-bond donors (Lipinski definition) is 2. The maximum atomic E-state index is 12.0. The number of hydrogen-bond acceptors (Lipinski definition) is 5. The zero-order chi connectivity index (χ0) is 16.9. The molecule has 1 aromatic carbocycles. The summed E-state index contributed by atoms with van der Waals surface area (Å²) in [7, 11) is -3.38. The van der Waals surface area contributed by atoms with Crippen molar-refractivity contribution in [1.82, 2.24) is 10.3 Å². The first-order valence-electron chi connectivity index (χ1n) is 6.88. The molecule has 1 amide bonds. The van der Waals surface area contributed by atoms with Gasteiger partial charge in [0.25, 0.3) is 5.91 Å². The Morgan fingerprint density at radius 1 is 1.26 bits per heavy atom. The van der Waals surface area contributed by atoms with E-state index in [1.807, 2.05) is 6.92 Å². The second-order valence-electron chi connectivity index (χ2n) is 4.72. The van der Waals surface area contributed by atoms with Crippen LogP contribution in [0.5, 0.6) is 11.6 Å². The van der Waals surface area contributed by atoms with E-state index in [1.165, 1.54) is 12.3 Å². The van der Waals surface area contributed by atoms with E-state index in [1.54, 1.807) is 30.3 Å². The molecular formula is C15H17N3O4S. The van der Waals surface area contributed by atoms with Gasteiger partial charge in [0.1, 0.15) is 11.3 Å². The van der Waals surface area contributed by atoms with Crippen molar-refractivity contribution in [1.29, 1.82) is 0 Å². The lowest BCUT2D eigenvalue weighted by Gasteiger charge is -2.11. The van der Waals surface area contributed by atoms with Gasteiger partial charge in [0.15, 0.2) is 0 Å². The van der Waals surface area contributed by atoms with Crippen molar-refractivity contribution in [2.75, 3.05) is 17.5 Å². The van der Waals surface area contributed by atoms with Gasteiger partial charge in [-0.15, -0.1) is 0 Å². The summed E-state index contributed by atoms with van der Waals surface area (Å²) in [6, 6.07) is 9.63. The second-order valence-corrected chi connectivity index (χ2v) is 6.47. The van der Waals surface area contributed by atoms with E-state index in [4.69, 9.17) is 4.74 Å². The molecule has 0 saturated heterocycles. The van der Waals surface area contributed by atoms with Crippen LogP contribution in [0.4, 0.5) is 5.69 Å². The quantitative estimate of drug-likeness (QED) is 0.841. The molecule has 1 aromatic heterocycles. The van der Waals surface area contributed by atoms with E-state index in [0.717, 1.165) is 6.26 Å². The Morgan fingerprint density at radius 3 is 2.74 bits per heavy atom. The molecule has 0 aliphatic carbocycles. The summed E-state index contributed by atoms with van der Waals surface area (Å²) in [6.45, 7) is 2.30. The van der Waals surface area contributed by atoms with Crippen LogP contribution in [-0.4, -0.2) is 32.1 Å². The SMILES string of the molecule is CCNC(=O)c1cccnc1Oc1cccc(NS(C)(=O)=O)c1. The summed E-state index contributed by atoms with van der Waals surface area (Å²) >= 11 is 0. The van der Waals surface area contributed by atoms with Gasteiger partial charge in [-0.25, -0.2) is 13.4 Å². The van der Waals surface area contributed by atoms with Gasteiger partial charge in [0.2, 0.25) is 15.9 Å². The van der Waals surface area contributed by atoms with E-state index < -0.39 is 10.0 Å². The lowest BCUT2D eigenvalue weighted by atomic mass is 10.2. The highest BCUT2D eigenvalue weighted by atomic mass is 32.2. The van der Waals surface area contributed by atoms with Gasteiger partial charge >= 0.3 is 0 Å². The maximum absolute atomic E-state index is 12.0. The summed E-state index contributed by atoms with van der Waals surface area (Å²) in [5.41, 5.74) is 0.663. The molecule has 0 atom stereocenters. The number of anilines is 1. The highest BCUT2D eigenvalue weighted by molar-refractivity contribution is 7.92. The van der Waals surface area contributed by atoms with Crippen LogP contribution in [0, 0.1) is 0 Å². The largest absolute Gasteiger partial charge is 0.438 e. The maximum Gasteiger partial charge on any atom is 0.256 e. The molecule has 0 unspecified atom stereocenters. The molecule has 1 heterocycles. The van der Waals surface area contributed by atoms with Crippen LogP contribution in [0.2, 0.25) is 0 Å². The molecule has 2 N–H and O–H groups in total. The van der Waals surface area contributed by atoms with Crippen LogP contribution in [0.3, 0.4) is 0 Å². The van der Waals surface area contributed by atoms with Crippen LogP contribution < -0.4 is 14.8 Å². The number of nitrogens with zero attached hydrogens (tertiary/aromatic N) is 1. The first kappa shape index (κ1) is 16.8. The molecule has 7 nitrogen and oxygen atoms in total. The highest BCUT2D eigenvalue weighted by Crippen LogP contribution is 2.25. The van der Waals surface area contributed by atoms with Crippen LogP contribution in [-0.2, 0) is 10.0 Å². The number of amides is 1. The van der Waals surface area contributed by atoms with E-state index in [2.05, 4.69) is 15.0 Å². The van der Waals surface area contributed by atoms with Crippen molar-refractivity contribution in [3.63, 3.8) is 0 Å². The molecule has 0 bridgehead atoms. The van der Waals surface area contributed by atoms with E-state index in [-0.39, 0.29) is 11.8 Å². The fraction of sp³-hybridized carbons (Fsp3) is 0.200. The zero-order valence-corrected chi connectivity index (χ0v) is 13.6. The van der Waals surface area contributed by atoms with Crippen LogP contribution in [0.25, 0.3) is 0 Å². The Kier molecular flexibility index (Phi) is 5.17. The number of pyridine rings is 1. The topological polar surface area (TPSA) is 97.4 Å². The van der Waals surface area contributed by atoms with Crippen molar-refractivity contribution in [3.05, 3.63) is 48.2 Å². The summed E-state index contributed by atoms with van der Waals surface area (Å²) in [5.74, 6) is 0.221. The van der Waals surface area contributed by atoms with Crippen LogP contribution >= 0.6 is 0 Å². The molecule has 0 aliphatic rings. The normalized spacial score (nSPS) is 10.9. The molecule has 2 rings (SSSR count). The number of benzene rings is 1. The molecule has 122 valence electrons. The third kappa shape index (κ3) is 4.96. The summed E-state index contributed by atoms with van der Waals surface area (Å²) in [6.07, 6.45) is 2.57. The smallest absolute Gasteiger partial charge is 0.256 e. The Morgan fingerprint density at radius 2 is 2.04 bits per heavy atom. The molecule has 0 aliphatic heterocycles. The fourth-order valence-corrected chi connectivity index (χ4v) is 2.40.